The Hall–Kier alpha value is -1.31. The Kier molecular flexibility index (Phi) is 3.46. The van der Waals surface area contributed by atoms with Gasteiger partial charge >= 0.3 is 0 Å². The third kappa shape index (κ3) is 2.92. The maximum absolute atomic E-state index is 5.94. The standard InChI is InChI=1S/C14H15BrN2Si/c1-18(2,3)7-6-13-12-5-4-11(15)8-10(12)9-17-14(13)16/h4-5,8-9H,1-3H3,(H2,16,17). The van der Waals surface area contributed by atoms with Crippen molar-refractivity contribution in [2.24, 2.45) is 0 Å². The van der Waals surface area contributed by atoms with E-state index in [-0.39, 0.29) is 0 Å². The van der Waals surface area contributed by atoms with Crippen LogP contribution in [0.25, 0.3) is 10.8 Å². The lowest BCUT2D eigenvalue weighted by Gasteiger charge is -2.06. The van der Waals surface area contributed by atoms with Crippen LogP contribution in [0, 0.1) is 11.5 Å². The van der Waals surface area contributed by atoms with Gasteiger partial charge < -0.3 is 5.73 Å². The Morgan fingerprint density at radius 3 is 2.67 bits per heavy atom. The van der Waals surface area contributed by atoms with Crippen molar-refractivity contribution in [3.05, 3.63) is 34.4 Å². The summed E-state index contributed by atoms with van der Waals surface area (Å²) >= 11 is 3.46. The first kappa shape index (κ1) is 13.1. The maximum atomic E-state index is 5.94. The third-order valence-electron chi connectivity index (χ3n) is 2.44. The molecule has 2 aromatic rings. The second-order valence-corrected chi connectivity index (χ2v) is 10.9. The summed E-state index contributed by atoms with van der Waals surface area (Å²) in [7, 11) is -1.41. The molecular formula is C14H15BrN2Si. The van der Waals surface area contributed by atoms with Crippen molar-refractivity contribution in [2.75, 3.05) is 5.73 Å². The Morgan fingerprint density at radius 1 is 1.28 bits per heavy atom. The zero-order valence-corrected chi connectivity index (χ0v) is 13.3. The molecule has 0 saturated heterocycles. The van der Waals surface area contributed by atoms with Crippen LogP contribution in [-0.2, 0) is 0 Å². The summed E-state index contributed by atoms with van der Waals surface area (Å²) in [5.74, 6) is 3.73. The van der Waals surface area contributed by atoms with Crippen LogP contribution in [0.15, 0.2) is 28.9 Å². The van der Waals surface area contributed by atoms with E-state index < -0.39 is 8.07 Å². The van der Waals surface area contributed by atoms with Crippen LogP contribution in [0.5, 0.6) is 0 Å². The van der Waals surface area contributed by atoms with Crippen LogP contribution >= 0.6 is 15.9 Å². The van der Waals surface area contributed by atoms with E-state index in [2.05, 4.69) is 52.0 Å². The van der Waals surface area contributed by atoms with E-state index in [1.54, 1.807) is 6.20 Å². The van der Waals surface area contributed by atoms with Crippen LogP contribution in [-0.4, -0.2) is 13.1 Å². The van der Waals surface area contributed by atoms with Gasteiger partial charge in [0.05, 0.1) is 5.56 Å². The number of nitrogens with two attached hydrogens (primary N) is 1. The predicted octanol–water partition coefficient (Wildman–Crippen LogP) is 3.81. The minimum Gasteiger partial charge on any atom is -0.383 e. The van der Waals surface area contributed by atoms with Gasteiger partial charge in [-0.25, -0.2) is 4.98 Å². The quantitative estimate of drug-likeness (QED) is 0.592. The predicted molar refractivity (Wildman–Crippen MR) is 84.1 cm³/mol. The van der Waals surface area contributed by atoms with Gasteiger partial charge in [0.25, 0.3) is 0 Å². The van der Waals surface area contributed by atoms with E-state index in [0.717, 1.165) is 20.8 Å². The third-order valence-corrected chi connectivity index (χ3v) is 3.81. The fourth-order valence-corrected chi connectivity index (χ4v) is 2.47. The molecule has 1 heterocycles. The monoisotopic (exact) mass is 318 g/mol. The van der Waals surface area contributed by atoms with Crippen LogP contribution in [0.1, 0.15) is 5.56 Å². The Balaban J connectivity index is 2.68. The highest BCUT2D eigenvalue weighted by Crippen LogP contribution is 2.24. The van der Waals surface area contributed by atoms with Crippen molar-refractivity contribution >= 4 is 40.6 Å². The van der Waals surface area contributed by atoms with Crippen LogP contribution in [0.3, 0.4) is 0 Å². The maximum Gasteiger partial charge on any atom is 0.139 e. The number of fused-ring (bicyclic) bond motifs is 1. The summed E-state index contributed by atoms with van der Waals surface area (Å²) in [6, 6.07) is 6.06. The number of aromatic nitrogens is 1. The molecule has 1 aromatic heterocycles. The lowest BCUT2D eigenvalue weighted by molar-refractivity contribution is 1.35. The first-order chi connectivity index (χ1) is 8.37. The van der Waals surface area contributed by atoms with Gasteiger partial charge in [-0.2, -0.15) is 0 Å². The highest BCUT2D eigenvalue weighted by Gasteiger charge is 2.09. The number of nitrogen functional groups attached to an aromatic ring is 1. The molecular weight excluding hydrogens is 304 g/mol. The fraction of sp³-hybridized carbons (Fsp3) is 0.214. The molecule has 0 amide bonds. The molecule has 18 heavy (non-hydrogen) atoms. The molecule has 0 aliphatic heterocycles. The Bertz CT molecular complexity index is 663. The number of halogens is 1. The van der Waals surface area contributed by atoms with Crippen molar-refractivity contribution in [3.63, 3.8) is 0 Å². The van der Waals surface area contributed by atoms with E-state index in [4.69, 9.17) is 5.73 Å². The Labute approximate surface area is 117 Å². The van der Waals surface area contributed by atoms with Gasteiger partial charge in [0.1, 0.15) is 13.9 Å². The molecule has 0 radical (unpaired) electrons. The topological polar surface area (TPSA) is 38.9 Å². The smallest absolute Gasteiger partial charge is 0.139 e. The molecule has 0 saturated carbocycles. The molecule has 2 nitrogen and oxygen atoms in total. The fourth-order valence-electron chi connectivity index (χ4n) is 1.59. The molecule has 0 atom stereocenters. The molecule has 0 fully saturated rings. The molecule has 92 valence electrons. The molecule has 2 rings (SSSR count). The van der Waals surface area contributed by atoms with E-state index in [9.17, 15) is 0 Å². The average Bonchev–Trinajstić information content (AvgIpc) is 2.26. The van der Waals surface area contributed by atoms with Gasteiger partial charge in [-0.3, -0.25) is 0 Å². The van der Waals surface area contributed by atoms with Crippen LogP contribution in [0.4, 0.5) is 5.82 Å². The van der Waals surface area contributed by atoms with E-state index >= 15 is 0 Å². The molecule has 1 aromatic carbocycles. The summed E-state index contributed by atoms with van der Waals surface area (Å²) in [5.41, 5.74) is 10.1. The summed E-state index contributed by atoms with van der Waals surface area (Å²) < 4.78 is 1.03. The highest BCUT2D eigenvalue weighted by molar-refractivity contribution is 9.10. The van der Waals surface area contributed by atoms with Crippen molar-refractivity contribution in [1.82, 2.24) is 4.98 Å². The number of hydrogen-bond acceptors (Lipinski definition) is 2. The summed E-state index contributed by atoms with van der Waals surface area (Å²) in [6.07, 6.45) is 1.79. The number of anilines is 1. The second kappa shape index (κ2) is 4.75. The van der Waals surface area contributed by atoms with E-state index in [0.29, 0.717) is 5.82 Å². The van der Waals surface area contributed by atoms with Gasteiger partial charge in [-0.1, -0.05) is 47.6 Å². The summed E-state index contributed by atoms with van der Waals surface area (Å²) in [5, 5.41) is 2.12. The van der Waals surface area contributed by atoms with Crippen LogP contribution in [0.2, 0.25) is 19.6 Å². The molecule has 4 heteroatoms. The van der Waals surface area contributed by atoms with E-state index in [1.165, 1.54) is 0 Å². The average molecular weight is 319 g/mol. The first-order valence-electron chi connectivity index (χ1n) is 5.74. The minimum absolute atomic E-state index is 0.510. The minimum atomic E-state index is -1.41. The van der Waals surface area contributed by atoms with Crippen molar-refractivity contribution in [2.45, 2.75) is 19.6 Å². The van der Waals surface area contributed by atoms with Gasteiger partial charge in [0, 0.05) is 21.4 Å². The van der Waals surface area contributed by atoms with Crippen molar-refractivity contribution in [1.29, 1.82) is 0 Å². The molecule has 0 aliphatic carbocycles. The van der Waals surface area contributed by atoms with Gasteiger partial charge in [0.15, 0.2) is 0 Å². The SMILES string of the molecule is C[Si](C)(C)C#Cc1c(N)ncc2cc(Br)ccc12. The number of pyridine rings is 1. The normalized spacial score (nSPS) is 11.1. The second-order valence-electron chi connectivity index (χ2n) is 5.25. The van der Waals surface area contributed by atoms with Crippen molar-refractivity contribution in [3.8, 4) is 11.5 Å². The molecule has 0 bridgehead atoms. The van der Waals surface area contributed by atoms with Crippen LogP contribution < -0.4 is 5.73 Å². The first-order valence-corrected chi connectivity index (χ1v) is 10.0. The molecule has 2 N–H and O–H groups in total. The van der Waals surface area contributed by atoms with Gasteiger partial charge in [0.2, 0.25) is 0 Å². The lowest BCUT2D eigenvalue weighted by Crippen LogP contribution is -2.16. The molecule has 0 unspecified atom stereocenters. The van der Waals surface area contributed by atoms with Gasteiger partial charge in [-0.15, -0.1) is 5.54 Å². The van der Waals surface area contributed by atoms with E-state index in [1.807, 2.05) is 18.2 Å². The number of benzene rings is 1. The molecule has 0 spiro atoms. The number of hydrogen-bond donors (Lipinski definition) is 1. The molecule has 0 aliphatic rings. The Morgan fingerprint density at radius 2 is 2.00 bits per heavy atom. The lowest BCUT2D eigenvalue weighted by atomic mass is 10.1. The number of rotatable bonds is 0. The summed E-state index contributed by atoms with van der Waals surface area (Å²) in [6.45, 7) is 6.64. The zero-order valence-electron chi connectivity index (χ0n) is 10.7. The zero-order chi connectivity index (χ0) is 13.3. The highest BCUT2D eigenvalue weighted by atomic mass is 79.9. The summed E-state index contributed by atoms with van der Waals surface area (Å²) in [4.78, 5) is 4.22. The van der Waals surface area contributed by atoms with Crippen molar-refractivity contribution < 1.29 is 0 Å². The largest absolute Gasteiger partial charge is 0.383 e. The number of nitrogens with zero attached hydrogens (tertiary/aromatic N) is 1. The van der Waals surface area contributed by atoms with Gasteiger partial charge in [-0.05, 0) is 12.1 Å².